The molecule has 2 amide bonds. The maximum atomic E-state index is 13.2. The van der Waals surface area contributed by atoms with E-state index in [-0.39, 0.29) is 25.5 Å². The van der Waals surface area contributed by atoms with Crippen molar-refractivity contribution >= 4 is 29.4 Å². The van der Waals surface area contributed by atoms with Crippen molar-refractivity contribution < 1.29 is 19.1 Å². The molecule has 36 heavy (non-hydrogen) atoms. The number of ketones is 1. The molecule has 4 aromatic rings. The van der Waals surface area contributed by atoms with E-state index in [0.29, 0.717) is 27.7 Å². The van der Waals surface area contributed by atoms with Gasteiger partial charge in [-0.2, -0.15) is 0 Å². The maximum Gasteiger partial charge on any atom is 0.407 e. The van der Waals surface area contributed by atoms with Gasteiger partial charge < -0.3 is 15.4 Å². The Morgan fingerprint density at radius 3 is 2.39 bits per heavy atom. The molecule has 1 heterocycles. The van der Waals surface area contributed by atoms with Crippen LogP contribution in [0.2, 0.25) is 5.02 Å². The molecule has 0 spiro atoms. The number of benzene rings is 3. The van der Waals surface area contributed by atoms with Crippen molar-refractivity contribution in [3.8, 4) is 5.69 Å². The summed E-state index contributed by atoms with van der Waals surface area (Å²) in [6.45, 7) is -0.163. The summed E-state index contributed by atoms with van der Waals surface area (Å²) in [4.78, 5) is 37.3. The SMILES string of the molecule is O=C(CNC(=O)OCc1ccccc1)NCc1nncn1-c1ccc(Cl)cc1C(=O)c1ccccc1. The minimum Gasteiger partial charge on any atom is -0.445 e. The molecule has 0 unspecified atom stereocenters. The Kier molecular flexibility index (Phi) is 8.05. The summed E-state index contributed by atoms with van der Waals surface area (Å²) in [6.07, 6.45) is 0.744. The topological polar surface area (TPSA) is 115 Å². The second-order valence-corrected chi connectivity index (χ2v) is 8.10. The average Bonchev–Trinajstić information content (AvgIpc) is 3.38. The maximum absolute atomic E-state index is 13.2. The van der Waals surface area contributed by atoms with Gasteiger partial charge in [0.25, 0.3) is 0 Å². The molecular weight excluding hydrogens is 482 g/mol. The van der Waals surface area contributed by atoms with Crippen molar-refractivity contribution in [1.82, 2.24) is 25.4 Å². The fourth-order valence-electron chi connectivity index (χ4n) is 3.39. The molecule has 0 saturated heterocycles. The summed E-state index contributed by atoms with van der Waals surface area (Å²) in [5.74, 6) is -0.271. The van der Waals surface area contributed by atoms with Crippen molar-refractivity contribution in [2.75, 3.05) is 6.54 Å². The number of hydrogen-bond donors (Lipinski definition) is 2. The molecule has 0 bridgehead atoms. The Hall–Kier alpha value is -4.50. The zero-order chi connectivity index (χ0) is 25.3. The van der Waals surface area contributed by atoms with Gasteiger partial charge in [-0.3, -0.25) is 14.2 Å². The molecule has 182 valence electrons. The third-order valence-corrected chi connectivity index (χ3v) is 5.40. The molecule has 0 saturated carbocycles. The van der Waals surface area contributed by atoms with Gasteiger partial charge in [-0.1, -0.05) is 72.3 Å². The van der Waals surface area contributed by atoms with Crippen LogP contribution < -0.4 is 10.6 Å². The van der Waals surface area contributed by atoms with Crippen molar-refractivity contribution in [3.05, 3.63) is 113 Å². The van der Waals surface area contributed by atoms with Crippen LogP contribution in [0.5, 0.6) is 0 Å². The predicted octanol–water partition coefficient (Wildman–Crippen LogP) is 3.69. The summed E-state index contributed by atoms with van der Waals surface area (Å²) >= 11 is 6.18. The van der Waals surface area contributed by atoms with E-state index < -0.39 is 12.0 Å². The van der Waals surface area contributed by atoms with Crippen molar-refractivity contribution in [2.24, 2.45) is 0 Å². The fourth-order valence-corrected chi connectivity index (χ4v) is 3.56. The van der Waals surface area contributed by atoms with E-state index in [0.717, 1.165) is 5.56 Å². The summed E-state index contributed by atoms with van der Waals surface area (Å²) in [7, 11) is 0. The van der Waals surface area contributed by atoms with Gasteiger partial charge >= 0.3 is 6.09 Å². The highest BCUT2D eigenvalue weighted by Crippen LogP contribution is 2.23. The lowest BCUT2D eigenvalue weighted by atomic mass is 10.0. The second-order valence-electron chi connectivity index (χ2n) is 7.67. The van der Waals surface area contributed by atoms with Crippen LogP contribution in [0.25, 0.3) is 5.69 Å². The van der Waals surface area contributed by atoms with Crippen LogP contribution in [0.4, 0.5) is 4.79 Å². The highest BCUT2D eigenvalue weighted by Gasteiger charge is 2.18. The van der Waals surface area contributed by atoms with Gasteiger partial charge in [0.05, 0.1) is 12.2 Å². The lowest BCUT2D eigenvalue weighted by Gasteiger charge is -2.13. The van der Waals surface area contributed by atoms with Gasteiger partial charge in [0.15, 0.2) is 11.6 Å². The molecule has 10 heteroatoms. The van der Waals surface area contributed by atoms with E-state index in [1.165, 1.54) is 6.33 Å². The van der Waals surface area contributed by atoms with Gasteiger partial charge in [-0.05, 0) is 23.8 Å². The number of alkyl carbamates (subject to hydrolysis) is 1. The molecule has 3 aromatic carbocycles. The molecule has 4 rings (SSSR count). The minimum absolute atomic E-state index is 0.0150. The van der Waals surface area contributed by atoms with E-state index in [1.807, 2.05) is 36.4 Å². The molecule has 2 N–H and O–H groups in total. The molecule has 0 radical (unpaired) electrons. The van der Waals surface area contributed by atoms with E-state index in [9.17, 15) is 14.4 Å². The Morgan fingerprint density at radius 1 is 0.917 bits per heavy atom. The number of carbonyl (C=O) groups excluding carboxylic acids is 3. The Labute approximate surface area is 212 Å². The average molecular weight is 504 g/mol. The van der Waals surface area contributed by atoms with E-state index in [4.69, 9.17) is 16.3 Å². The third-order valence-electron chi connectivity index (χ3n) is 5.17. The van der Waals surface area contributed by atoms with Gasteiger partial charge in [-0.15, -0.1) is 10.2 Å². The number of nitrogens with zero attached hydrogens (tertiary/aromatic N) is 3. The Balaban J connectivity index is 1.37. The molecule has 0 fully saturated rings. The van der Waals surface area contributed by atoms with Gasteiger partial charge in [0.1, 0.15) is 19.5 Å². The molecule has 9 nitrogen and oxygen atoms in total. The van der Waals surface area contributed by atoms with Crippen molar-refractivity contribution in [3.63, 3.8) is 0 Å². The van der Waals surface area contributed by atoms with Crippen LogP contribution in [-0.4, -0.2) is 39.1 Å². The van der Waals surface area contributed by atoms with Crippen LogP contribution in [0.1, 0.15) is 27.3 Å². The first-order chi connectivity index (χ1) is 17.5. The van der Waals surface area contributed by atoms with Crippen LogP contribution in [0, 0.1) is 0 Å². The molecule has 0 atom stereocenters. The zero-order valence-electron chi connectivity index (χ0n) is 19.1. The number of ether oxygens (including phenoxy) is 1. The smallest absolute Gasteiger partial charge is 0.407 e. The first kappa shape index (κ1) is 24.6. The minimum atomic E-state index is -0.706. The van der Waals surface area contributed by atoms with Crippen molar-refractivity contribution in [2.45, 2.75) is 13.2 Å². The standard InChI is InChI=1S/C26H22ClN5O4/c27-20-11-12-22(21(13-20)25(34)19-9-5-2-6-10-19)32-17-30-31-23(32)14-28-24(33)15-29-26(35)36-16-18-7-3-1-4-8-18/h1-13,17H,14-16H2,(H,28,33)(H,29,35). The van der Waals surface area contributed by atoms with Crippen molar-refractivity contribution in [1.29, 1.82) is 0 Å². The number of rotatable bonds is 9. The molecule has 0 aliphatic rings. The van der Waals surface area contributed by atoms with Gasteiger partial charge in [0.2, 0.25) is 5.91 Å². The summed E-state index contributed by atoms with van der Waals surface area (Å²) in [6, 6.07) is 23.0. The highest BCUT2D eigenvalue weighted by molar-refractivity contribution is 6.31. The van der Waals surface area contributed by atoms with Crippen LogP contribution in [0.15, 0.2) is 85.2 Å². The normalized spacial score (nSPS) is 10.5. The third kappa shape index (κ3) is 6.34. The van der Waals surface area contributed by atoms with Gasteiger partial charge in [0, 0.05) is 16.1 Å². The van der Waals surface area contributed by atoms with E-state index in [2.05, 4.69) is 20.8 Å². The largest absolute Gasteiger partial charge is 0.445 e. The van der Waals surface area contributed by atoms with Crippen LogP contribution >= 0.6 is 11.6 Å². The lowest BCUT2D eigenvalue weighted by molar-refractivity contribution is -0.120. The lowest BCUT2D eigenvalue weighted by Crippen LogP contribution is -2.37. The molecular formula is C26H22ClN5O4. The Morgan fingerprint density at radius 2 is 1.64 bits per heavy atom. The fraction of sp³-hybridized carbons (Fsp3) is 0.115. The van der Waals surface area contributed by atoms with Gasteiger partial charge in [-0.25, -0.2) is 4.79 Å². The first-order valence-electron chi connectivity index (χ1n) is 11.0. The van der Waals surface area contributed by atoms with E-state index >= 15 is 0 Å². The Bertz CT molecular complexity index is 1360. The number of halogens is 1. The first-order valence-corrected chi connectivity index (χ1v) is 11.4. The number of carbonyl (C=O) groups is 3. The van der Waals surface area contributed by atoms with E-state index in [1.54, 1.807) is 47.0 Å². The number of nitrogens with one attached hydrogen (secondary N) is 2. The monoisotopic (exact) mass is 503 g/mol. The molecule has 0 aliphatic heterocycles. The summed E-state index contributed by atoms with van der Waals surface area (Å²) in [5, 5.41) is 13.5. The van der Waals surface area contributed by atoms with Crippen LogP contribution in [0.3, 0.4) is 0 Å². The zero-order valence-corrected chi connectivity index (χ0v) is 19.8. The predicted molar refractivity (Wildman–Crippen MR) is 133 cm³/mol. The summed E-state index contributed by atoms with van der Waals surface area (Å²) in [5.41, 5.74) is 2.23. The molecule has 1 aromatic heterocycles. The number of hydrogen-bond acceptors (Lipinski definition) is 6. The second kappa shape index (κ2) is 11.8. The van der Waals surface area contributed by atoms with Crippen LogP contribution in [-0.2, 0) is 22.7 Å². The highest BCUT2D eigenvalue weighted by atomic mass is 35.5. The number of aromatic nitrogens is 3. The molecule has 0 aliphatic carbocycles. The quantitative estimate of drug-likeness (QED) is 0.337. The summed E-state index contributed by atoms with van der Waals surface area (Å²) < 4.78 is 6.69. The number of amides is 2.